The van der Waals surface area contributed by atoms with Crippen molar-refractivity contribution in [1.82, 2.24) is 0 Å². The topological polar surface area (TPSA) is 26.3 Å². The number of Topliss-reactive ketones (excluding diaryl/α,β-unsaturated/α-hetero) is 1. The average molecular weight is 276 g/mol. The fraction of sp³-hybridized carbons (Fsp3) is 0.611. The smallest absolute Gasteiger partial charge is 0.137 e. The molecular formula is C18H28O2. The summed E-state index contributed by atoms with van der Waals surface area (Å²) in [4.78, 5) is 12.1. The Bertz CT molecular complexity index is 382. The number of ketones is 1. The van der Waals surface area contributed by atoms with Crippen molar-refractivity contribution in [3.8, 4) is 0 Å². The first kappa shape index (κ1) is 16.9. The number of rotatable bonds is 10. The molecule has 0 aliphatic carbocycles. The molecule has 20 heavy (non-hydrogen) atoms. The van der Waals surface area contributed by atoms with E-state index in [-0.39, 0.29) is 5.41 Å². The minimum absolute atomic E-state index is 0.0259. The van der Waals surface area contributed by atoms with E-state index in [2.05, 4.69) is 20.8 Å². The molecular weight excluding hydrogens is 248 g/mol. The summed E-state index contributed by atoms with van der Waals surface area (Å²) in [5, 5.41) is 0. The minimum atomic E-state index is 0.0259. The molecule has 0 radical (unpaired) electrons. The molecule has 1 aromatic rings. The quantitative estimate of drug-likeness (QED) is 0.591. The van der Waals surface area contributed by atoms with E-state index in [1.165, 1.54) is 6.42 Å². The second kappa shape index (κ2) is 8.91. The lowest BCUT2D eigenvalue weighted by atomic mass is 9.83. The molecule has 2 heteroatoms. The zero-order valence-electron chi connectivity index (χ0n) is 13.2. The second-order valence-corrected chi connectivity index (χ2v) is 6.26. The van der Waals surface area contributed by atoms with Crippen LogP contribution in [0.5, 0.6) is 0 Å². The molecule has 0 unspecified atom stereocenters. The highest BCUT2D eigenvalue weighted by Crippen LogP contribution is 2.26. The van der Waals surface area contributed by atoms with Crippen molar-refractivity contribution in [2.75, 3.05) is 13.2 Å². The van der Waals surface area contributed by atoms with Crippen molar-refractivity contribution in [2.24, 2.45) is 5.41 Å². The van der Waals surface area contributed by atoms with Crippen molar-refractivity contribution >= 4 is 5.78 Å². The first-order valence-corrected chi connectivity index (χ1v) is 7.67. The molecule has 0 atom stereocenters. The van der Waals surface area contributed by atoms with Crippen LogP contribution in [0.4, 0.5) is 0 Å². The Balaban J connectivity index is 2.28. The molecule has 0 N–H and O–H groups in total. The number of unbranched alkanes of at least 4 members (excludes halogenated alkanes) is 1. The normalized spacial score (nSPS) is 11.6. The first-order valence-electron chi connectivity index (χ1n) is 7.67. The van der Waals surface area contributed by atoms with E-state index >= 15 is 0 Å². The summed E-state index contributed by atoms with van der Waals surface area (Å²) < 4.78 is 5.60. The van der Waals surface area contributed by atoms with Crippen LogP contribution in [-0.4, -0.2) is 19.0 Å². The lowest BCUT2D eigenvalue weighted by Gasteiger charge is -2.23. The highest BCUT2D eigenvalue weighted by molar-refractivity contribution is 5.81. The van der Waals surface area contributed by atoms with Crippen LogP contribution in [-0.2, 0) is 16.0 Å². The monoisotopic (exact) mass is 276 g/mol. The molecule has 0 fully saturated rings. The van der Waals surface area contributed by atoms with Crippen molar-refractivity contribution in [3.63, 3.8) is 0 Å². The molecule has 0 saturated carbocycles. The number of benzene rings is 1. The third-order valence-electron chi connectivity index (χ3n) is 3.49. The van der Waals surface area contributed by atoms with E-state index < -0.39 is 0 Å². The van der Waals surface area contributed by atoms with E-state index in [4.69, 9.17) is 4.74 Å². The molecule has 1 rings (SSSR count). The van der Waals surface area contributed by atoms with Crippen LogP contribution < -0.4 is 0 Å². The van der Waals surface area contributed by atoms with Gasteiger partial charge < -0.3 is 4.74 Å². The third kappa shape index (κ3) is 7.44. The Hall–Kier alpha value is -1.15. The van der Waals surface area contributed by atoms with Crippen LogP contribution in [0.2, 0.25) is 0 Å². The third-order valence-corrected chi connectivity index (χ3v) is 3.49. The standard InChI is InChI=1S/C18H28O2/c1-4-5-12-20-13-11-18(2,3)15-17(19)14-16-9-7-6-8-10-16/h6-10H,4-5,11-15H2,1-3H3. The van der Waals surface area contributed by atoms with E-state index in [0.717, 1.165) is 31.6 Å². The van der Waals surface area contributed by atoms with Crippen LogP contribution in [0.15, 0.2) is 30.3 Å². The van der Waals surface area contributed by atoms with E-state index in [1.54, 1.807) is 0 Å². The molecule has 0 aliphatic heterocycles. The van der Waals surface area contributed by atoms with Gasteiger partial charge in [0.1, 0.15) is 5.78 Å². The van der Waals surface area contributed by atoms with Gasteiger partial charge in [-0.05, 0) is 23.8 Å². The molecule has 0 aliphatic rings. The summed E-state index contributed by atoms with van der Waals surface area (Å²) in [5.41, 5.74) is 1.13. The minimum Gasteiger partial charge on any atom is -0.381 e. The number of ether oxygens (including phenoxy) is 1. The Morgan fingerprint density at radius 3 is 2.50 bits per heavy atom. The summed E-state index contributed by atoms with van der Waals surface area (Å²) in [6.07, 6.45) is 4.39. The summed E-state index contributed by atoms with van der Waals surface area (Å²) >= 11 is 0. The van der Waals surface area contributed by atoms with Gasteiger partial charge in [-0.15, -0.1) is 0 Å². The molecule has 0 bridgehead atoms. The SMILES string of the molecule is CCCCOCCC(C)(C)CC(=O)Cc1ccccc1. The Kier molecular flexibility index (Phi) is 7.53. The lowest BCUT2D eigenvalue weighted by Crippen LogP contribution is -2.20. The zero-order valence-corrected chi connectivity index (χ0v) is 13.2. The van der Waals surface area contributed by atoms with Crippen molar-refractivity contribution in [2.45, 2.75) is 52.9 Å². The second-order valence-electron chi connectivity index (χ2n) is 6.26. The Labute approximate surface area is 123 Å². The molecule has 0 heterocycles. The predicted molar refractivity (Wildman–Crippen MR) is 83.9 cm³/mol. The summed E-state index contributed by atoms with van der Waals surface area (Å²) in [6.45, 7) is 8.06. The lowest BCUT2D eigenvalue weighted by molar-refractivity contribution is -0.120. The van der Waals surface area contributed by atoms with E-state index in [9.17, 15) is 4.79 Å². The molecule has 0 spiro atoms. The maximum Gasteiger partial charge on any atom is 0.137 e. The number of hydrogen-bond donors (Lipinski definition) is 0. The van der Waals surface area contributed by atoms with Gasteiger partial charge in [-0.25, -0.2) is 0 Å². The van der Waals surface area contributed by atoms with Gasteiger partial charge >= 0.3 is 0 Å². The van der Waals surface area contributed by atoms with Gasteiger partial charge in [-0.2, -0.15) is 0 Å². The van der Waals surface area contributed by atoms with Gasteiger partial charge in [0.15, 0.2) is 0 Å². The molecule has 0 saturated heterocycles. The van der Waals surface area contributed by atoms with Gasteiger partial charge in [-0.1, -0.05) is 57.5 Å². The van der Waals surface area contributed by atoms with Crippen molar-refractivity contribution in [1.29, 1.82) is 0 Å². The van der Waals surface area contributed by atoms with Crippen LogP contribution >= 0.6 is 0 Å². The molecule has 0 amide bonds. The van der Waals surface area contributed by atoms with Gasteiger partial charge in [0.05, 0.1) is 0 Å². The molecule has 2 nitrogen and oxygen atoms in total. The van der Waals surface area contributed by atoms with Crippen LogP contribution in [0.3, 0.4) is 0 Å². The molecule has 0 aromatic heterocycles. The largest absolute Gasteiger partial charge is 0.381 e. The van der Waals surface area contributed by atoms with Crippen LogP contribution in [0.1, 0.15) is 52.0 Å². The Morgan fingerprint density at radius 1 is 1.15 bits per heavy atom. The number of hydrogen-bond acceptors (Lipinski definition) is 2. The van der Waals surface area contributed by atoms with Crippen LogP contribution in [0, 0.1) is 5.41 Å². The van der Waals surface area contributed by atoms with Gasteiger partial charge in [0.2, 0.25) is 0 Å². The van der Waals surface area contributed by atoms with Gasteiger partial charge in [0.25, 0.3) is 0 Å². The predicted octanol–water partition coefficient (Wildman–Crippen LogP) is 4.42. The molecule has 1 aromatic carbocycles. The Morgan fingerprint density at radius 2 is 1.85 bits per heavy atom. The number of carbonyl (C=O) groups excluding carboxylic acids is 1. The highest BCUT2D eigenvalue weighted by Gasteiger charge is 2.21. The van der Waals surface area contributed by atoms with Gasteiger partial charge in [-0.3, -0.25) is 4.79 Å². The van der Waals surface area contributed by atoms with Crippen LogP contribution in [0.25, 0.3) is 0 Å². The summed E-state index contributed by atoms with van der Waals surface area (Å²) in [5.74, 6) is 0.315. The first-order chi connectivity index (χ1) is 9.53. The maximum atomic E-state index is 12.1. The van der Waals surface area contributed by atoms with Crippen molar-refractivity contribution in [3.05, 3.63) is 35.9 Å². The van der Waals surface area contributed by atoms with E-state index in [1.807, 2.05) is 30.3 Å². The highest BCUT2D eigenvalue weighted by atomic mass is 16.5. The summed E-state index contributed by atoms with van der Waals surface area (Å²) in [6, 6.07) is 9.97. The fourth-order valence-electron chi connectivity index (χ4n) is 2.21. The fourth-order valence-corrected chi connectivity index (χ4v) is 2.21. The number of carbonyl (C=O) groups is 1. The van der Waals surface area contributed by atoms with Gasteiger partial charge in [0, 0.05) is 26.1 Å². The molecule has 112 valence electrons. The summed E-state index contributed by atoms with van der Waals surface area (Å²) in [7, 11) is 0. The maximum absolute atomic E-state index is 12.1. The average Bonchev–Trinajstić information content (AvgIpc) is 2.38. The van der Waals surface area contributed by atoms with Crippen molar-refractivity contribution < 1.29 is 9.53 Å². The zero-order chi connectivity index (χ0) is 14.8. The van der Waals surface area contributed by atoms with E-state index in [0.29, 0.717) is 18.6 Å².